The van der Waals surface area contributed by atoms with Crippen LogP contribution in [0.3, 0.4) is 0 Å². The highest BCUT2D eigenvalue weighted by Gasteiger charge is 2.79. The quantitative estimate of drug-likeness (QED) is 0.365. The fraction of sp³-hybridized carbons (Fsp3) is 0.750. The first-order chi connectivity index (χ1) is 17.2. The standard InChI is InChI=1S/C28H42N2O6/c1-6-15-29(19-11-9-8-10-12-19)25(33)23-28-14-13-27(5,36-28)22(26(34)35-16-7-2)21(28)24(32)30(23)20(17-31)18(3)4/h6-7,18-23,31H,1-2,8-17H2,3-5H3/t20-,21-,22-,23?,27+,28?/m0/s1. The number of esters is 1. The van der Waals surface area contributed by atoms with Crippen molar-refractivity contribution < 1.29 is 29.0 Å². The Morgan fingerprint density at radius 3 is 2.50 bits per heavy atom. The van der Waals surface area contributed by atoms with E-state index in [1.807, 2.05) is 25.7 Å². The number of ether oxygens (including phenoxy) is 2. The lowest BCUT2D eigenvalue weighted by molar-refractivity contribution is -0.162. The van der Waals surface area contributed by atoms with Crippen molar-refractivity contribution in [2.45, 2.75) is 95.0 Å². The summed E-state index contributed by atoms with van der Waals surface area (Å²) in [6.45, 7) is 13.4. The zero-order valence-electron chi connectivity index (χ0n) is 22.0. The van der Waals surface area contributed by atoms with Gasteiger partial charge in [0.1, 0.15) is 24.2 Å². The van der Waals surface area contributed by atoms with Crippen molar-refractivity contribution in [3.05, 3.63) is 25.3 Å². The topological polar surface area (TPSA) is 96.4 Å². The van der Waals surface area contributed by atoms with Gasteiger partial charge in [0, 0.05) is 12.6 Å². The van der Waals surface area contributed by atoms with Gasteiger partial charge in [-0.1, -0.05) is 51.8 Å². The zero-order chi connectivity index (χ0) is 26.3. The number of likely N-dealkylation sites (tertiary alicyclic amines) is 1. The number of carbonyl (C=O) groups excluding carboxylic acids is 3. The van der Waals surface area contributed by atoms with Gasteiger partial charge in [-0.2, -0.15) is 0 Å². The smallest absolute Gasteiger partial charge is 0.313 e. The van der Waals surface area contributed by atoms with Crippen LogP contribution in [0.1, 0.15) is 65.7 Å². The molecule has 1 aliphatic carbocycles. The maximum Gasteiger partial charge on any atom is 0.313 e. The number of carbonyl (C=O) groups is 3. The van der Waals surface area contributed by atoms with Crippen LogP contribution in [0.5, 0.6) is 0 Å². The third kappa shape index (κ3) is 4.10. The molecule has 3 aliphatic heterocycles. The summed E-state index contributed by atoms with van der Waals surface area (Å²) in [6.07, 6.45) is 9.39. The van der Waals surface area contributed by atoms with Gasteiger partial charge in [0.25, 0.3) is 0 Å². The predicted octanol–water partition coefficient (Wildman–Crippen LogP) is 2.84. The van der Waals surface area contributed by atoms with E-state index in [-0.39, 0.29) is 37.0 Å². The number of aliphatic hydroxyl groups excluding tert-OH is 1. The zero-order valence-corrected chi connectivity index (χ0v) is 22.0. The monoisotopic (exact) mass is 502 g/mol. The molecule has 36 heavy (non-hydrogen) atoms. The first kappa shape index (κ1) is 26.9. The minimum Gasteiger partial charge on any atom is -0.461 e. The van der Waals surface area contributed by atoms with Crippen LogP contribution in [-0.2, 0) is 23.9 Å². The Labute approximate surface area is 214 Å². The second-order valence-corrected chi connectivity index (χ2v) is 11.5. The number of hydrogen-bond donors (Lipinski definition) is 1. The molecule has 2 bridgehead atoms. The van der Waals surface area contributed by atoms with Crippen LogP contribution in [0.25, 0.3) is 0 Å². The van der Waals surface area contributed by atoms with Crippen LogP contribution in [0.2, 0.25) is 0 Å². The largest absolute Gasteiger partial charge is 0.461 e. The molecule has 1 spiro atoms. The average Bonchev–Trinajstić information content (AvgIpc) is 3.42. The first-order valence-corrected chi connectivity index (χ1v) is 13.5. The van der Waals surface area contributed by atoms with Crippen LogP contribution in [0, 0.1) is 17.8 Å². The number of aliphatic hydroxyl groups is 1. The van der Waals surface area contributed by atoms with E-state index in [1.54, 1.807) is 11.0 Å². The van der Waals surface area contributed by atoms with Crippen LogP contribution < -0.4 is 0 Å². The van der Waals surface area contributed by atoms with Crippen molar-refractivity contribution >= 4 is 17.8 Å². The summed E-state index contributed by atoms with van der Waals surface area (Å²) in [5.41, 5.74) is -2.01. The van der Waals surface area contributed by atoms with E-state index < -0.39 is 41.1 Å². The summed E-state index contributed by atoms with van der Waals surface area (Å²) < 4.78 is 12.1. The van der Waals surface area contributed by atoms with Gasteiger partial charge in [-0.15, -0.1) is 6.58 Å². The second kappa shape index (κ2) is 10.3. The molecule has 0 aromatic carbocycles. The number of hydrogen-bond acceptors (Lipinski definition) is 6. The van der Waals surface area contributed by atoms with Crippen molar-refractivity contribution in [1.29, 1.82) is 0 Å². The summed E-state index contributed by atoms with van der Waals surface area (Å²) in [5, 5.41) is 10.4. The Balaban J connectivity index is 1.80. The lowest BCUT2D eigenvalue weighted by atomic mass is 9.66. The molecule has 2 amide bonds. The summed E-state index contributed by atoms with van der Waals surface area (Å²) in [6, 6.07) is -1.40. The number of fused-ring (bicyclic) bond motifs is 1. The molecule has 0 aromatic rings. The Morgan fingerprint density at radius 1 is 1.22 bits per heavy atom. The van der Waals surface area contributed by atoms with Gasteiger partial charge in [-0.05, 0) is 38.5 Å². The molecule has 200 valence electrons. The second-order valence-electron chi connectivity index (χ2n) is 11.5. The molecule has 8 nitrogen and oxygen atoms in total. The Hall–Kier alpha value is -2.19. The molecule has 1 saturated carbocycles. The summed E-state index contributed by atoms with van der Waals surface area (Å²) in [5.74, 6) is -2.69. The Kier molecular flexibility index (Phi) is 7.68. The van der Waals surface area contributed by atoms with Gasteiger partial charge >= 0.3 is 5.97 Å². The highest BCUT2D eigenvalue weighted by Crippen LogP contribution is 2.64. The molecule has 3 saturated heterocycles. The Morgan fingerprint density at radius 2 is 1.92 bits per heavy atom. The molecule has 4 rings (SSSR count). The molecule has 0 aromatic heterocycles. The van der Waals surface area contributed by atoms with Crippen LogP contribution in [0.15, 0.2) is 25.3 Å². The minimum atomic E-state index is -1.13. The van der Waals surface area contributed by atoms with Crippen molar-refractivity contribution in [1.82, 2.24) is 9.80 Å². The maximum absolute atomic E-state index is 14.5. The lowest BCUT2D eigenvalue weighted by Gasteiger charge is -2.43. The van der Waals surface area contributed by atoms with E-state index in [0.717, 1.165) is 32.1 Å². The number of rotatable bonds is 10. The van der Waals surface area contributed by atoms with Crippen LogP contribution in [-0.4, -0.2) is 81.8 Å². The fourth-order valence-corrected chi connectivity index (χ4v) is 7.32. The first-order valence-electron chi connectivity index (χ1n) is 13.5. The highest BCUT2D eigenvalue weighted by molar-refractivity contribution is 5.99. The third-order valence-electron chi connectivity index (χ3n) is 8.98. The van der Waals surface area contributed by atoms with E-state index in [1.165, 1.54) is 6.08 Å². The number of nitrogens with zero attached hydrogens (tertiary/aromatic N) is 2. The molecule has 1 N–H and O–H groups in total. The Bertz CT molecular complexity index is 898. The third-order valence-corrected chi connectivity index (χ3v) is 8.98. The molecule has 3 heterocycles. The summed E-state index contributed by atoms with van der Waals surface area (Å²) in [4.78, 5) is 45.4. The summed E-state index contributed by atoms with van der Waals surface area (Å²) >= 11 is 0. The number of amides is 2. The van der Waals surface area contributed by atoms with Crippen molar-refractivity contribution in [3.8, 4) is 0 Å². The highest BCUT2D eigenvalue weighted by atomic mass is 16.6. The molecular formula is C28H42N2O6. The van der Waals surface area contributed by atoms with Gasteiger partial charge in [0.15, 0.2) is 0 Å². The fourth-order valence-electron chi connectivity index (χ4n) is 7.32. The van der Waals surface area contributed by atoms with Crippen molar-refractivity contribution in [2.75, 3.05) is 19.8 Å². The van der Waals surface area contributed by atoms with E-state index in [4.69, 9.17) is 9.47 Å². The molecular weight excluding hydrogens is 460 g/mol. The lowest BCUT2D eigenvalue weighted by Crippen LogP contribution is -2.61. The predicted molar refractivity (Wildman–Crippen MR) is 135 cm³/mol. The molecule has 4 aliphatic rings. The van der Waals surface area contributed by atoms with Crippen LogP contribution in [0.4, 0.5) is 0 Å². The molecule has 4 fully saturated rings. The van der Waals surface area contributed by atoms with E-state index in [0.29, 0.717) is 19.4 Å². The van der Waals surface area contributed by atoms with Gasteiger partial charge in [-0.3, -0.25) is 14.4 Å². The minimum absolute atomic E-state index is 0.0471. The van der Waals surface area contributed by atoms with E-state index in [9.17, 15) is 19.5 Å². The van der Waals surface area contributed by atoms with Gasteiger partial charge in [0.05, 0.1) is 24.2 Å². The molecule has 8 heteroatoms. The molecule has 2 unspecified atom stereocenters. The molecule has 6 atom stereocenters. The SMILES string of the molecule is C=CCOC(=O)[C@@H]1[C@H]2C(=O)N([C@@H](CO)C(C)C)C(C(=O)N(CC=C)C3CCCCC3)C23CC[C@@]1(C)O3. The maximum atomic E-state index is 14.5. The van der Waals surface area contributed by atoms with Crippen molar-refractivity contribution in [3.63, 3.8) is 0 Å². The normalized spacial score (nSPS) is 34.5. The van der Waals surface area contributed by atoms with Gasteiger partial charge in [-0.25, -0.2) is 0 Å². The van der Waals surface area contributed by atoms with Gasteiger partial charge < -0.3 is 24.4 Å². The molecule has 0 radical (unpaired) electrons. The van der Waals surface area contributed by atoms with Gasteiger partial charge in [0.2, 0.25) is 11.8 Å². The van der Waals surface area contributed by atoms with Crippen molar-refractivity contribution in [2.24, 2.45) is 17.8 Å². The van der Waals surface area contributed by atoms with E-state index >= 15 is 0 Å². The van der Waals surface area contributed by atoms with Crippen LogP contribution >= 0.6 is 0 Å². The summed E-state index contributed by atoms with van der Waals surface area (Å²) in [7, 11) is 0. The van der Waals surface area contributed by atoms with E-state index in [2.05, 4.69) is 13.2 Å². The average molecular weight is 503 g/mol.